The van der Waals surface area contributed by atoms with Crippen molar-refractivity contribution in [1.82, 2.24) is 4.90 Å². The number of ether oxygens (including phenoxy) is 1. The fraction of sp³-hybridized carbons (Fsp3) is 0.778. The van der Waals surface area contributed by atoms with Gasteiger partial charge in [0, 0.05) is 13.1 Å². The van der Waals surface area contributed by atoms with Crippen molar-refractivity contribution in [2.45, 2.75) is 19.4 Å². The largest absolute Gasteiger partial charge is 0.371 e. The third-order valence-corrected chi connectivity index (χ3v) is 1.98. The summed E-state index contributed by atoms with van der Waals surface area (Å²) >= 11 is 0. The van der Waals surface area contributed by atoms with Crippen molar-refractivity contribution in [2.24, 2.45) is 0 Å². The second-order valence-electron chi connectivity index (χ2n) is 2.95. The van der Waals surface area contributed by atoms with Gasteiger partial charge < -0.3 is 4.74 Å². The van der Waals surface area contributed by atoms with Crippen LogP contribution in [0.2, 0.25) is 0 Å². The van der Waals surface area contributed by atoms with Gasteiger partial charge in [-0.15, -0.1) is 6.58 Å². The molecule has 0 aromatic rings. The Morgan fingerprint density at radius 2 is 2.55 bits per heavy atom. The fourth-order valence-electron chi connectivity index (χ4n) is 1.39. The van der Waals surface area contributed by atoms with Gasteiger partial charge in [-0.1, -0.05) is 13.0 Å². The molecule has 0 spiro atoms. The highest BCUT2D eigenvalue weighted by Crippen LogP contribution is 2.05. The van der Waals surface area contributed by atoms with Gasteiger partial charge in [0.1, 0.15) is 0 Å². The summed E-state index contributed by atoms with van der Waals surface area (Å²) in [4.78, 5) is 2.43. The summed E-state index contributed by atoms with van der Waals surface area (Å²) in [6.07, 6.45) is 3.38. The summed E-state index contributed by atoms with van der Waals surface area (Å²) in [6, 6.07) is 0. The van der Waals surface area contributed by atoms with Crippen molar-refractivity contribution < 1.29 is 4.74 Å². The summed E-state index contributed by atoms with van der Waals surface area (Å²) < 4.78 is 5.44. The molecule has 11 heavy (non-hydrogen) atoms. The fourth-order valence-corrected chi connectivity index (χ4v) is 1.39. The zero-order valence-electron chi connectivity index (χ0n) is 7.25. The average molecular weight is 155 g/mol. The van der Waals surface area contributed by atoms with Crippen LogP contribution >= 0.6 is 0 Å². The quantitative estimate of drug-likeness (QED) is 0.569. The van der Waals surface area contributed by atoms with Crippen molar-refractivity contribution in [3.63, 3.8) is 0 Å². The number of hydrogen-bond donors (Lipinski definition) is 0. The summed E-state index contributed by atoms with van der Waals surface area (Å²) in [5.74, 6) is 0. The van der Waals surface area contributed by atoms with Gasteiger partial charge in [-0.3, -0.25) is 4.90 Å². The Balaban J connectivity index is 2.27. The summed E-state index contributed by atoms with van der Waals surface area (Å²) in [5.41, 5.74) is 0. The van der Waals surface area contributed by atoms with Gasteiger partial charge in [0.25, 0.3) is 0 Å². The number of hydrogen-bond acceptors (Lipinski definition) is 2. The Morgan fingerprint density at radius 1 is 1.73 bits per heavy atom. The molecule has 64 valence electrons. The standard InChI is InChI=1S/C9H17NO/c1-3-5-10-6-7-11-9(4-2)8-10/h4,9H,2-3,5-8H2,1H3. The third-order valence-electron chi connectivity index (χ3n) is 1.98. The molecule has 0 aromatic carbocycles. The van der Waals surface area contributed by atoms with Crippen LogP contribution in [0.25, 0.3) is 0 Å². The van der Waals surface area contributed by atoms with Crippen LogP contribution in [-0.2, 0) is 4.74 Å². The maximum absolute atomic E-state index is 5.44. The van der Waals surface area contributed by atoms with Gasteiger partial charge in [-0.25, -0.2) is 0 Å². The van der Waals surface area contributed by atoms with E-state index in [0.717, 1.165) is 19.7 Å². The minimum Gasteiger partial charge on any atom is -0.371 e. The lowest BCUT2D eigenvalue weighted by Crippen LogP contribution is -2.41. The molecule has 1 unspecified atom stereocenters. The molecule has 1 aliphatic heterocycles. The van der Waals surface area contributed by atoms with E-state index >= 15 is 0 Å². The monoisotopic (exact) mass is 155 g/mol. The molecule has 1 fully saturated rings. The molecule has 0 radical (unpaired) electrons. The molecular weight excluding hydrogens is 138 g/mol. The first-order chi connectivity index (χ1) is 5.36. The highest BCUT2D eigenvalue weighted by molar-refractivity contribution is 4.85. The first kappa shape index (κ1) is 8.75. The Hall–Kier alpha value is -0.340. The van der Waals surface area contributed by atoms with E-state index in [-0.39, 0.29) is 6.10 Å². The number of nitrogens with zero attached hydrogens (tertiary/aromatic N) is 1. The number of morpholine rings is 1. The average Bonchev–Trinajstić information content (AvgIpc) is 2.06. The second-order valence-corrected chi connectivity index (χ2v) is 2.95. The van der Waals surface area contributed by atoms with Crippen LogP contribution in [0.15, 0.2) is 12.7 Å². The van der Waals surface area contributed by atoms with Gasteiger partial charge in [-0.2, -0.15) is 0 Å². The van der Waals surface area contributed by atoms with Crippen LogP contribution in [-0.4, -0.2) is 37.2 Å². The minimum absolute atomic E-state index is 0.260. The molecule has 1 saturated heterocycles. The Bertz CT molecular complexity index is 123. The van der Waals surface area contributed by atoms with E-state index in [1.165, 1.54) is 13.0 Å². The van der Waals surface area contributed by atoms with Crippen LogP contribution in [0.5, 0.6) is 0 Å². The van der Waals surface area contributed by atoms with Gasteiger partial charge in [0.15, 0.2) is 0 Å². The predicted molar refractivity (Wildman–Crippen MR) is 46.7 cm³/mol. The third kappa shape index (κ3) is 2.64. The highest BCUT2D eigenvalue weighted by atomic mass is 16.5. The molecule has 0 aromatic heterocycles. The minimum atomic E-state index is 0.260. The summed E-state index contributed by atoms with van der Waals surface area (Å²) in [7, 11) is 0. The Morgan fingerprint density at radius 3 is 3.18 bits per heavy atom. The molecule has 2 nitrogen and oxygen atoms in total. The zero-order chi connectivity index (χ0) is 8.10. The predicted octanol–water partition coefficient (Wildman–Crippen LogP) is 1.28. The van der Waals surface area contributed by atoms with E-state index < -0.39 is 0 Å². The molecule has 1 rings (SSSR count). The molecule has 0 saturated carbocycles. The summed E-state index contributed by atoms with van der Waals surface area (Å²) in [5, 5.41) is 0. The van der Waals surface area contributed by atoms with E-state index in [9.17, 15) is 0 Å². The van der Waals surface area contributed by atoms with E-state index in [2.05, 4.69) is 18.4 Å². The van der Waals surface area contributed by atoms with Crippen molar-refractivity contribution >= 4 is 0 Å². The van der Waals surface area contributed by atoms with Crippen LogP contribution in [0, 0.1) is 0 Å². The van der Waals surface area contributed by atoms with E-state index in [1.54, 1.807) is 0 Å². The molecule has 1 aliphatic rings. The van der Waals surface area contributed by atoms with Crippen molar-refractivity contribution in [2.75, 3.05) is 26.2 Å². The maximum atomic E-state index is 5.44. The van der Waals surface area contributed by atoms with E-state index in [4.69, 9.17) is 4.74 Å². The lowest BCUT2D eigenvalue weighted by atomic mass is 10.2. The van der Waals surface area contributed by atoms with Crippen molar-refractivity contribution in [1.29, 1.82) is 0 Å². The van der Waals surface area contributed by atoms with Gasteiger partial charge >= 0.3 is 0 Å². The van der Waals surface area contributed by atoms with Crippen molar-refractivity contribution in [3.05, 3.63) is 12.7 Å². The first-order valence-corrected chi connectivity index (χ1v) is 4.33. The van der Waals surface area contributed by atoms with Crippen LogP contribution in [0.4, 0.5) is 0 Å². The van der Waals surface area contributed by atoms with Gasteiger partial charge in [0.2, 0.25) is 0 Å². The van der Waals surface area contributed by atoms with Gasteiger partial charge in [0.05, 0.1) is 12.7 Å². The molecule has 1 atom stereocenters. The number of rotatable bonds is 3. The molecule has 0 aliphatic carbocycles. The normalized spacial score (nSPS) is 26.8. The smallest absolute Gasteiger partial charge is 0.0880 e. The molecule has 0 bridgehead atoms. The maximum Gasteiger partial charge on any atom is 0.0880 e. The Kier molecular flexibility index (Phi) is 3.60. The van der Waals surface area contributed by atoms with Crippen molar-refractivity contribution in [3.8, 4) is 0 Å². The topological polar surface area (TPSA) is 12.5 Å². The SMILES string of the molecule is C=CC1CN(CCC)CCO1. The van der Waals surface area contributed by atoms with Gasteiger partial charge in [-0.05, 0) is 13.0 Å². The molecule has 2 heteroatoms. The first-order valence-electron chi connectivity index (χ1n) is 4.33. The van der Waals surface area contributed by atoms with Crippen LogP contribution in [0.1, 0.15) is 13.3 Å². The van der Waals surface area contributed by atoms with Crippen LogP contribution in [0.3, 0.4) is 0 Å². The zero-order valence-corrected chi connectivity index (χ0v) is 7.25. The van der Waals surface area contributed by atoms with Crippen LogP contribution < -0.4 is 0 Å². The highest BCUT2D eigenvalue weighted by Gasteiger charge is 2.16. The molecule has 0 amide bonds. The lowest BCUT2D eigenvalue weighted by molar-refractivity contribution is -0.00297. The van der Waals surface area contributed by atoms with E-state index in [1.807, 2.05) is 6.08 Å². The summed E-state index contributed by atoms with van der Waals surface area (Å²) in [6.45, 7) is 10.1. The molecule has 1 heterocycles. The van der Waals surface area contributed by atoms with E-state index in [0.29, 0.717) is 0 Å². The Labute approximate surface area is 68.8 Å². The second kappa shape index (κ2) is 4.52. The molecular formula is C9H17NO. The molecule has 0 N–H and O–H groups in total. The lowest BCUT2D eigenvalue weighted by Gasteiger charge is -2.30.